The summed E-state index contributed by atoms with van der Waals surface area (Å²) in [5.41, 5.74) is 7.20. The molecular weight excluding hydrogens is 520 g/mol. The van der Waals surface area contributed by atoms with E-state index in [1.54, 1.807) is 24.4 Å². The molecule has 0 bridgehead atoms. The number of carbonyl (C=O) groups is 1. The summed E-state index contributed by atoms with van der Waals surface area (Å²) in [6, 6.07) is 27.2. The van der Waals surface area contributed by atoms with Crippen LogP contribution in [-0.2, 0) is 21.2 Å². The Bertz CT molecular complexity index is 1520. The summed E-state index contributed by atoms with van der Waals surface area (Å²) in [7, 11) is -3.88. The third-order valence-electron chi connectivity index (χ3n) is 6.14. The van der Waals surface area contributed by atoms with Crippen molar-refractivity contribution in [2.75, 3.05) is 13.1 Å². The molecule has 0 aliphatic carbocycles. The van der Waals surface area contributed by atoms with Crippen LogP contribution in [0.2, 0.25) is 5.02 Å². The normalized spacial score (nSPS) is 11.8. The number of carbonyl (C=O) groups excluding carboxylic acids is 1. The lowest BCUT2D eigenvalue weighted by Crippen LogP contribution is -2.40. The molecule has 1 amide bonds. The fraction of sp³-hybridized carbons (Fsp3) is 0.172. The van der Waals surface area contributed by atoms with Gasteiger partial charge in [0.15, 0.2) is 0 Å². The number of rotatable bonds is 10. The Hall–Kier alpha value is -3.72. The van der Waals surface area contributed by atoms with Gasteiger partial charge in [-0.2, -0.15) is 9.41 Å². The first kappa shape index (κ1) is 27.3. The van der Waals surface area contributed by atoms with Crippen molar-refractivity contribution < 1.29 is 13.2 Å². The minimum absolute atomic E-state index is 0.138. The molecule has 196 valence electrons. The van der Waals surface area contributed by atoms with E-state index in [0.29, 0.717) is 11.4 Å². The van der Waals surface area contributed by atoms with Crippen molar-refractivity contribution in [3.05, 3.63) is 119 Å². The van der Waals surface area contributed by atoms with Crippen molar-refractivity contribution in [2.24, 2.45) is 5.10 Å². The molecule has 1 heterocycles. The summed E-state index contributed by atoms with van der Waals surface area (Å²) >= 11 is 6.02. The number of aromatic nitrogens is 1. The molecule has 3 aromatic carbocycles. The maximum Gasteiger partial charge on any atom is 0.255 e. The first-order valence-electron chi connectivity index (χ1n) is 12.1. The molecule has 9 heteroatoms. The van der Waals surface area contributed by atoms with Gasteiger partial charge in [0, 0.05) is 34.2 Å². The number of halogens is 1. The quantitative estimate of drug-likeness (QED) is 0.220. The average molecular weight is 549 g/mol. The Kier molecular flexibility index (Phi) is 8.78. The highest BCUT2D eigenvalue weighted by Crippen LogP contribution is 2.21. The van der Waals surface area contributed by atoms with Gasteiger partial charge in [0.1, 0.15) is 0 Å². The van der Waals surface area contributed by atoms with Crippen LogP contribution in [0.25, 0.3) is 5.69 Å². The predicted molar refractivity (Wildman–Crippen MR) is 151 cm³/mol. The standard InChI is InChI=1S/C29H29ClN4O3S/c1-22-19-25(23(2)34(22)27-15-13-26(30)14-16-27)20-31-32-29(35)21-33(18-17-24-9-5-3-6-10-24)38(36,37)28-11-7-4-8-12-28/h3-16,19-20H,17-18,21H2,1-2H3,(H,32,35)/b31-20+. The van der Waals surface area contributed by atoms with Gasteiger partial charge in [-0.15, -0.1) is 0 Å². The first-order valence-corrected chi connectivity index (χ1v) is 13.9. The van der Waals surface area contributed by atoms with Crippen molar-refractivity contribution in [1.82, 2.24) is 14.3 Å². The van der Waals surface area contributed by atoms with Crippen LogP contribution in [0.5, 0.6) is 0 Å². The number of sulfonamides is 1. The van der Waals surface area contributed by atoms with Gasteiger partial charge in [-0.25, -0.2) is 13.8 Å². The zero-order chi connectivity index (χ0) is 27.1. The van der Waals surface area contributed by atoms with E-state index in [1.807, 2.05) is 74.5 Å². The van der Waals surface area contributed by atoms with Gasteiger partial charge < -0.3 is 4.57 Å². The molecule has 0 saturated carbocycles. The second-order valence-corrected chi connectivity index (χ2v) is 11.2. The summed E-state index contributed by atoms with van der Waals surface area (Å²) in [6.45, 7) is 3.74. The van der Waals surface area contributed by atoms with Crippen LogP contribution in [0.15, 0.2) is 101 Å². The molecule has 38 heavy (non-hydrogen) atoms. The summed E-state index contributed by atoms with van der Waals surface area (Å²) in [5, 5.41) is 4.77. The molecule has 0 fully saturated rings. The highest BCUT2D eigenvalue weighted by Gasteiger charge is 2.26. The highest BCUT2D eigenvalue weighted by molar-refractivity contribution is 7.89. The van der Waals surface area contributed by atoms with E-state index in [2.05, 4.69) is 15.1 Å². The van der Waals surface area contributed by atoms with E-state index in [0.717, 1.165) is 28.2 Å². The lowest BCUT2D eigenvalue weighted by atomic mass is 10.1. The van der Waals surface area contributed by atoms with Crippen LogP contribution in [-0.4, -0.2) is 42.5 Å². The van der Waals surface area contributed by atoms with Gasteiger partial charge in [-0.1, -0.05) is 60.1 Å². The molecule has 1 N–H and O–H groups in total. The smallest absolute Gasteiger partial charge is 0.255 e. The molecular formula is C29H29ClN4O3S. The van der Waals surface area contributed by atoms with Crippen LogP contribution in [0.4, 0.5) is 0 Å². The lowest BCUT2D eigenvalue weighted by Gasteiger charge is -2.21. The van der Waals surface area contributed by atoms with Crippen molar-refractivity contribution in [2.45, 2.75) is 25.2 Å². The average Bonchev–Trinajstić information content (AvgIpc) is 3.20. The van der Waals surface area contributed by atoms with E-state index >= 15 is 0 Å². The molecule has 4 rings (SSSR count). The predicted octanol–water partition coefficient (Wildman–Crippen LogP) is 5.13. The molecule has 4 aromatic rings. The monoisotopic (exact) mass is 548 g/mol. The molecule has 0 radical (unpaired) electrons. The molecule has 1 aromatic heterocycles. The zero-order valence-corrected chi connectivity index (χ0v) is 22.8. The number of aryl methyl sites for hydroxylation is 1. The maximum atomic E-state index is 13.3. The fourth-order valence-corrected chi connectivity index (χ4v) is 5.74. The van der Waals surface area contributed by atoms with Crippen molar-refractivity contribution in [3.63, 3.8) is 0 Å². The maximum absolute atomic E-state index is 13.3. The number of hydrazone groups is 1. The van der Waals surface area contributed by atoms with Crippen LogP contribution in [0, 0.1) is 13.8 Å². The number of nitrogens with zero attached hydrogens (tertiary/aromatic N) is 3. The van der Waals surface area contributed by atoms with Gasteiger partial charge in [-0.05, 0) is 68.3 Å². The van der Waals surface area contributed by atoms with Gasteiger partial charge >= 0.3 is 0 Å². The molecule has 0 unspecified atom stereocenters. The van der Waals surface area contributed by atoms with Gasteiger partial charge in [-0.3, -0.25) is 4.79 Å². The zero-order valence-electron chi connectivity index (χ0n) is 21.2. The SMILES string of the molecule is Cc1cc(/C=N/NC(=O)CN(CCc2ccccc2)S(=O)(=O)c2ccccc2)c(C)n1-c1ccc(Cl)cc1. The molecule has 0 saturated heterocycles. The third kappa shape index (κ3) is 6.58. The van der Waals surface area contributed by atoms with E-state index in [1.165, 1.54) is 16.4 Å². The Morgan fingerprint density at radius 1 is 0.974 bits per heavy atom. The summed E-state index contributed by atoms with van der Waals surface area (Å²) in [6.07, 6.45) is 2.03. The van der Waals surface area contributed by atoms with E-state index < -0.39 is 15.9 Å². The van der Waals surface area contributed by atoms with E-state index in [4.69, 9.17) is 11.6 Å². The number of nitrogens with one attached hydrogen (secondary N) is 1. The highest BCUT2D eigenvalue weighted by atomic mass is 35.5. The van der Waals surface area contributed by atoms with Crippen molar-refractivity contribution in [3.8, 4) is 5.69 Å². The Balaban J connectivity index is 1.47. The van der Waals surface area contributed by atoms with Crippen molar-refractivity contribution in [1.29, 1.82) is 0 Å². The summed E-state index contributed by atoms with van der Waals surface area (Å²) in [4.78, 5) is 12.9. The second-order valence-electron chi connectivity index (χ2n) is 8.82. The number of hydrogen-bond acceptors (Lipinski definition) is 4. The lowest BCUT2D eigenvalue weighted by molar-refractivity contribution is -0.121. The number of amides is 1. The minimum atomic E-state index is -3.88. The van der Waals surface area contributed by atoms with Gasteiger partial charge in [0.05, 0.1) is 17.7 Å². The van der Waals surface area contributed by atoms with E-state index in [-0.39, 0.29) is 18.0 Å². The fourth-order valence-electron chi connectivity index (χ4n) is 4.20. The summed E-state index contributed by atoms with van der Waals surface area (Å²) < 4.78 is 29.9. The van der Waals surface area contributed by atoms with Crippen LogP contribution >= 0.6 is 11.6 Å². The van der Waals surface area contributed by atoms with Gasteiger partial charge in [0.25, 0.3) is 5.91 Å². The summed E-state index contributed by atoms with van der Waals surface area (Å²) in [5.74, 6) is -0.527. The minimum Gasteiger partial charge on any atom is -0.318 e. The first-order chi connectivity index (χ1) is 18.3. The Morgan fingerprint density at radius 2 is 1.61 bits per heavy atom. The number of benzene rings is 3. The van der Waals surface area contributed by atoms with Crippen LogP contribution in [0.3, 0.4) is 0 Å². The molecule has 0 atom stereocenters. The Morgan fingerprint density at radius 3 is 2.26 bits per heavy atom. The van der Waals surface area contributed by atoms with Crippen LogP contribution in [0.1, 0.15) is 22.5 Å². The van der Waals surface area contributed by atoms with E-state index in [9.17, 15) is 13.2 Å². The van der Waals surface area contributed by atoms with Gasteiger partial charge in [0.2, 0.25) is 10.0 Å². The second kappa shape index (κ2) is 12.2. The topological polar surface area (TPSA) is 83.8 Å². The molecule has 0 aliphatic heterocycles. The largest absolute Gasteiger partial charge is 0.318 e. The third-order valence-corrected chi connectivity index (χ3v) is 8.25. The Labute approximate surface area is 228 Å². The molecule has 7 nitrogen and oxygen atoms in total. The van der Waals surface area contributed by atoms with Crippen molar-refractivity contribution >= 4 is 33.7 Å². The number of hydrogen-bond donors (Lipinski definition) is 1. The molecule has 0 aliphatic rings. The molecule has 0 spiro atoms. The van der Waals surface area contributed by atoms with Crippen LogP contribution < -0.4 is 5.43 Å².